The summed E-state index contributed by atoms with van der Waals surface area (Å²) in [4.78, 5) is 27.2. The van der Waals surface area contributed by atoms with Gasteiger partial charge in [-0.2, -0.15) is 0 Å². The fourth-order valence-corrected chi connectivity index (χ4v) is 3.69. The summed E-state index contributed by atoms with van der Waals surface area (Å²) in [5, 5.41) is 10.6. The number of carbonyl (C=O) groups is 2. The van der Waals surface area contributed by atoms with Crippen LogP contribution in [0.5, 0.6) is 11.5 Å². The lowest BCUT2D eigenvalue weighted by Gasteiger charge is -2.28. The molecule has 1 aliphatic rings. The summed E-state index contributed by atoms with van der Waals surface area (Å²) in [6.45, 7) is 8.32. The van der Waals surface area contributed by atoms with Gasteiger partial charge >= 0.3 is 0 Å². The van der Waals surface area contributed by atoms with E-state index in [-0.39, 0.29) is 17.8 Å². The molecular formula is C24H27NO5. The van der Waals surface area contributed by atoms with E-state index in [1.165, 1.54) is 4.90 Å². The Morgan fingerprint density at radius 1 is 1.03 bits per heavy atom. The molecule has 0 saturated heterocycles. The van der Waals surface area contributed by atoms with Crippen LogP contribution in [0.3, 0.4) is 0 Å². The van der Waals surface area contributed by atoms with E-state index in [1.807, 2.05) is 45.0 Å². The number of Topliss-reactive ketones (excluding diaryl/α,β-unsaturated/α-hetero) is 1. The highest BCUT2D eigenvalue weighted by atomic mass is 16.5. The second-order valence-electron chi connectivity index (χ2n) is 7.03. The Morgan fingerprint density at radius 3 is 2.37 bits per heavy atom. The van der Waals surface area contributed by atoms with Crippen LogP contribution >= 0.6 is 0 Å². The quantitative estimate of drug-likeness (QED) is 0.686. The normalized spacial score (nSPS) is 16.2. The van der Waals surface area contributed by atoms with Gasteiger partial charge in [-0.15, -0.1) is 0 Å². The molecule has 0 radical (unpaired) electrons. The second-order valence-corrected chi connectivity index (χ2v) is 7.03. The molecule has 0 aliphatic carbocycles. The zero-order valence-corrected chi connectivity index (χ0v) is 17.8. The topological polar surface area (TPSA) is 76.1 Å². The summed E-state index contributed by atoms with van der Waals surface area (Å²) in [6.07, 6.45) is 0.191. The van der Waals surface area contributed by atoms with Crippen LogP contribution in [0.25, 0.3) is 0 Å². The number of ketones is 1. The largest absolute Gasteiger partial charge is 0.503 e. The van der Waals surface area contributed by atoms with E-state index >= 15 is 0 Å². The zero-order valence-electron chi connectivity index (χ0n) is 17.8. The molecule has 6 nitrogen and oxygen atoms in total. The molecule has 158 valence electrons. The van der Waals surface area contributed by atoms with Gasteiger partial charge in [-0.25, -0.2) is 0 Å². The van der Waals surface area contributed by atoms with E-state index in [9.17, 15) is 14.7 Å². The molecule has 30 heavy (non-hydrogen) atoms. The van der Waals surface area contributed by atoms with Gasteiger partial charge in [0.25, 0.3) is 5.91 Å². The first kappa shape index (κ1) is 21.4. The summed E-state index contributed by atoms with van der Waals surface area (Å²) in [5.74, 6) is -0.290. The number of hydrogen-bond acceptors (Lipinski definition) is 5. The highest BCUT2D eigenvalue weighted by molar-refractivity contribution is 6.16. The van der Waals surface area contributed by atoms with Crippen LogP contribution in [0.15, 0.2) is 53.8 Å². The second kappa shape index (κ2) is 9.03. The minimum absolute atomic E-state index is 0.125. The molecule has 6 heteroatoms. The van der Waals surface area contributed by atoms with Crippen molar-refractivity contribution in [3.05, 3.63) is 64.9 Å². The number of nitrogens with zero attached hydrogens (tertiary/aromatic N) is 1. The Morgan fingerprint density at radius 2 is 1.73 bits per heavy atom. The lowest BCUT2D eigenvalue weighted by atomic mass is 9.94. The zero-order chi connectivity index (χ0) is 21.8. The highest BCUT2D eigenvalue weighted by Crippen LogP contribution is 2.43. The van der Waals surface area contributed by atoms with Gasteiger partial charge in [0, 0.05) is 18.2 Å². The van der Waals surface area contributed by atoms with Crippen molar-refractivity contribution in [2.24, 2.45) is 0 Å². The molecule has 2 aromatic rings. The van der Waals surface area contributed by atoms with Crippen LogP contribution < -0.4 is 14.4 Å². The molecule has 1 unspecified atom stereocenters. The van der Waals surface area contributed by atoms with Gasteiger partial charge in [0.2, 0.25) is 0 Å². The Kier molecular flexibility index (Phi) is 6.45. The van der Waals surface area contributed by atoms with Gasteiger partial charge < -0.3 is 14.6 Å². The first-order valence-corrected chi connectivity index (χ1v) is 10.2. The number of hydrogen-bond donors (Lipinski definition) is 1. The summed E-state index contributed by atoms with van der Waals surface area (Å²) >= 11 is 0. The lowest BCUT2D eigenvalue weighted by Crippen LogP contribution is -2.31. The van der Waals surface area contributed by atoms with Gasteiger partial charge in [-0.1, -0.05) is 36.8 Å². The number of rotatable bonds is 8. The van der Waals surface area contributed by atoms with Gasteiger partial charge in [0.15, 0.2) is 23.0 Å². The van der Waals surface area contributed by atoms with Gasteiger partial charge in [0.05, 0.1) is 24.8 Å². The minimum atomic E-state index is -0.711. The van der Waals surface area contributed by atoms with E-state index in [0.717, 1.165) is 11.1 Å². The van der Waals surface area contributed by atoms with Crippen LogP contribution in [-0.2, 0) is 9.59 Å². The molecule has 2 aromatic carbocycles. The molecule has 0 saturated carbocycles. The predicted octanol–water partition coefficient (Wildman–Crippen LogP) is 4.67. The number of aliphatic hydroxyl groups is 1. The molecule has 1 heterocycles. The Hall–Kier alpha value is -3.28. The van der Waals surface area contributed by atoms with Crippen molar-refractivity contribution in [3.63, 3.8) is 0 Å². The number of ether oxygens (including phenoxy) is 2. The summed E-state index contributed by atoms with van der Waals surface area (Å²) in [7, 11) is 0. The third kappa shape index (κ3) is 3.90. The summed E-state index contributed by atoms with van der Waals surface area (Å²) in [5.41, 5.74) is 2.40. The number of aryl methyl sites for hydroxylation is 1. The van der Waals surface area contributed by atoms with Crippen molar-refractivity contribution in [1.29, 1.82) is 0 Å². The average molecular weight is 409 g/mol. The Labute approximate surface area is 176 Å². The lowest BCUT2D eigenvalue weighted by molar-refractivity contribution is -0.118. The van der Waals surface area contributed by atoms with Gasteiger partial charge in [0.1, 0.15) is 0 Å². The Balaban J connectivity index is 2.16. The van der Waals surface area contributed by atoms with Crippen molar-refractivity contribution in [2.75, 3.05) is 18.1 Å². The first-order chi connectivity index (χ1) is 14.4. The fourth-order valence-electron chi connectivity index (χ4n) is 3.69. The molecule has 1 aliphatic heterocycles. The van der Waals surface area contributed by atoms with Crippen molar-refractivity contribution >= 4 is 17.4 Å². The summed E-state index contributed by atoms with van der Waals surface area (Å²) in [6, 6.07) is 12.1. The standard InChI is InChI=1S/C24H27NO5/c1-5-18(26)21-22(16-10-8-9-15(4)13-16)25(24(28)23(21)27)17-11-12-19(29-6-2)20(14-17)30-7-3/h8-14,22,27H,5-7H2,1-4H3. The monoisotopic (exact) mass is 409 g/mol. The van der Waals surface area contributed by atoms with Gasteiger partial charge in [-0.3, -0.25) is 14.5 Å². The Bertz CT molecular complexity index is 995. The smallest absolute Gasteiger partial charge is 0.294 e. The van der Waals surface area contributed by atoms with Crippen LogP contribution in [0.1, 0.15) is 44.4 Å². The highest BCUT2D eigenvalue weighted by Gasteiger charge is 2.44. The molecule has 0 aromatic heterocycles. The molecular weight excluding hydrogens is 382 g/mol. The summed E-state index contributed by atoms with van der Waals surface area (Å²) < 4.78 is 11.3. The third-order valence-electron chi connectivity index (χ3n) is 4.99. The van der Waals surface area contributed by atoms with Crippen molar-refractivity contribution in [1.82, 2.24) is 0 Å². The predicted molar refractivity (Wildman–Crippen MR) is 115 cm³/mol. The number of benzene rings is 2. The number of aliphatic hydroxyl groups excluding tert-OH is 1. The molecule has 3 rings (SSSR count). The molecule has 1 atom stereocenters. The number of carbonyl (C=O) groups excluding carboxylic acids is 2. The van der Waals surface area contributed by atoms with Crippen LogP contribution in [-0.4, -0.2) is 30.0 Å². The molecule has 1 N–H and O–H groups in total. The van der Waals surface area contributed by atoms with E-state index in [1.54, 1.807) is 25.1 Å². The molecule has 0 spiro atoms. The van der Waals surface area contributed by atoms with Crippen molar-refractivity contribution < 1.29 is 24.2 Å². The van der Waals surface area contributed by atoms with Crippen molar-refractivity contribution in [2.45, 2.75) is 40.2 Å². The van der Waals surface area contributed by atoms with E-state index in [0.29, 0.717) is 30.4 Å². The number of anilines is 1. The van der Waals surface area contributed by atoms with Crippen molar-refractivity contribution in [3.8, 4) is 11.5 Å². The minimum Gasteiger partial charge on any atom is -0.503 e. The van der Waals surface area contributed by atoms with E-state index in [4.69, 9.17) is 9.47 Å². The van der Waals surface area contributed by atoms with E-state index in [2.05, 4.69) is 0 Å². The maximum absolute atomic E-state index is 13.1. The first-order valence-electron chi connectivity index (χ1n) is 10.2. The van der Waals surface area contributed by atoms with Gasteiger partial charge in [-0.05, 0) is 38.5 Å². The maximum Gasteiger partial charge on any atom is 0.294 e. The molecule has 0 bridgehead atoms. The maximum atomic E-state index is 13.1. The SMILES string of the molecule is CCOc1ccc(N2C(=O)C(O)=C(C(=O)CC)C2c2cccc(C)c2)cc1OCC. The third-order valence-corrected chi connectivity index (χ3v) is 4.99. The fraction of sp³-hybridized carbons (Fsp3) is 0.333. The molecule has 0 fully saturated rings. The van der Waals surface area contributed by atoms with Crippen LogP contribution in [0.2, 0.25) is 0 Å². The van der Waals surface area contributed by atoms with E-state index < -0.39 is 17.7 Å². The molecule has 1 amide bonds. The van der Waals surface area contributed by atoms with Crippen LogP contribution in [0.4, 0.5) is 5.69 Å². The average Bonchev–Trinajstić information content (AvgIpc) is 3.00. The number of amides is 1. The van der Waals surface area contributed by atoms with Crippen LogP contribution in [0, 0.1) is 6.92 Å².